The number of unbranched alkanes of at least 4 members (excludes halogenated alkanes) is 2. The topological polar surface area (TPSA) is 46.6 Å². The van der Waals surface area contributed by atoms with Gasteiger partial charge in [-0.1, -0.05) is 33.6 Å². The van der Waals surface area contributed by atoms with Crippen LogP contribution in [-0.2, 0) is 14.3 Å². The van der Waals surface area contributed by atoms with E-state index in [2.05, 4.69) is 6.92 Å². The molecular formula is C14H27NO3. The van der Waals surface area contributed by atoms with Crippen LogP contribution < -0.4 is 0 Å². The minimum absolute atomic E-state index is 0.0530. The molecule has 0 saturated carbocycles. The molecule has 0 spiro atoms. The number of nitrogens with zero attached hydrogens (tertiary/aromatic N) is 1. The van der Waals surface area contributed by atoms with Crippen LogP contribution in [0.15, 0.2) is 0 Å². The van der Waals surface area contributed by atoms with Gasteiger partial charge in [0.2, 0.25) is 5.91 Å². The predicted octanol–water partition coefficient (Wildman–Crippen LogP) is 2.76. The molecule has 4 nitrogen and oxygen atoms in total. The zero-order chi connectivity index (χ0) is 14.0. The van der Waals surface area contributed by atoms with Gasteiger partial charge >= 0.3 is 5.97 Å². The average molecular weight is 257 g/mol. The van der Waals surface area contributed by atoms with Crippen molar-refractivity contribution >= 4 is 11.9 Å². The third kappa shape index (κ3) is 6.03. The molecule has 0 aliphatic heterocycles. The minimum atomic E-state index is -0.425. The third-order valence-electron chi connectivity index (χ3n) is 2.93. The summed E-state index contributed by atoms with van der Waals surface area (Å²) in [7, 11) is 0. The van der Waals surface area contributed by atoms with Crippen molar-refractivity contribution in [2.75, 3.05) is 13.2 Å². The van der Waals surface area contributed by atoms with Crippen LogP contribution >= 0.6 is 0 Å². The maximum atomic E-state index is 11.9. The molecule has 0 aromatic rings. The van der Waals surface area contributed by atoms with Crippen LogP contribution in [0.5, 0.6) is 0 Å². The molecule has 4 heteroatoms. The Hall–Kier alpha value is -1.06. The first-order chi connectivity index (χ1) is 8.58. The molecule has 1 unspecified atom stereocenters. The quantitative estimate of drug-likeness (QED) is 0.471. The summed E-state index contributed by atoms with van der Waals surface area (Å²) in [6.45, 7) is 8.62. The molecule has 0 rings (SSSR count). The Morgan fingerprint density at radius 1 is 1.11 bits per heavy atom. The first-order valence-corrected chi connectivity index (χ1v) is 7.02. The van der Waals surface area contributed by atoms with E-state index in [0.717, 1.165) is 25.7 Å². The van der Waals surface area contributed by atoms with Gasteiger partial charge in [0.05, 0.1) is 6.61 Å². The lowest BCUT2D eigenvalue weighted by Crippen LogP contribution is -2.45. The van der Waals surface area contributed by atoms with Gasteiger partial charge in [-0.2, -0.15) is 0 Å². The summed E-state index contributed by atoms with van der Waals surface area (Å²) in [5.41, 5.74) is 0. The number of esters is 1. The fourth-order valence-electron chi connectivity index (χ4n) is 1.79. The van der Waals surface area contributed by atoms with Crippen LogP contribution in [0, 0.1) is 0 Å². The van der Waals surface area contributed by atoms with Gasteiger partial charge in [-0.3, -0.25) is 4.79 Å². The van der Waals surface area contributed by atoms with Crippen molar-refractivity contribution in [1.82, 2.24) is 4.90 Å². The van der Waals surface area contributed by atoms with Crippen molar-refractivity contribution in [3.63, 3.8) is 0 Å². The lowest BCUT2D eigenvalue weighted by Gasteiger charge is -2.28. The summed E-state index contributed by atoms with van der Waals surface area (Å²) in [5, 5.41) is 0. The van der Waals surface area contributed by atoms with Crippen LogP contribution in [0.4, 0.5) is 0 Å². The first-order valence-electron chi connectivity index (χ1n) is 7.02. The summed E-state index contributed by atoms with van der Waals surface area (Å²) in [6, 6.07) is -0.425. The van der Waals surface area contributed by atoms with E-state index in [1.807, 2.05) is 13.8 Å². The molecule has 18 heavy (non-hydrogen) atoms. The molecule has 0 fully saturated rings. The zero-order valence-electron chi connectivity index (χ0n) is 12.2. The van der Waals surface area contributed by atoms with Crippen LogP contribution in [-0.4, -0.2) is 36.0 Å². The highest BCUT2D eigenvalue weighted by Gasteiger charge is 2.26. The summed E-state index contributed by atoms with van der Waals surface area (Å²) in [5.74, 6) is -0.319. The Bertz CT molecular complexity index is 253. The Morgan fingerprint density at radius 2 is 1.72 bits per heavy atom. The summed E-state index contributed by atoms with van der Waals surface area (Å²) in [6.07, 6.45) is 4.39. The molecule has 0 saturated heterocycles. The van der Waals surface area contributed by atoms with Crippen LogP contribution in [0.3, 0.4) is 0 Å². The second-order valence-corrected chi connectivity index (χ2v) is 4.51. The second kappa shape index (κ2) is 9.92. The molecule has 0 aliphatic rings. The second-order valence-electron chi connectivity index (χ2n) is 4.51. The molecule has 0 heterocycles. The van der Waals surface area contributed by atoms with E-state index >= 15 is 0 Å². The van der Waals surface area contributed by atoms with Gasteiger partial charge in [0.25, 0.3) is 0 Å². The van der Waals surface area contributed by atoms with Crippen LogP contribution in [0.2, 0.25) is 0 Å². The van der Waals surface area contributed by atoms with Crippen molar-refractivity contribution < 1.29 is 14.3 Å². The minimum Gasteiger partial charge on any atom is -0.464 e. The smallest absolute Gasteiger partial charge is 0.328 e. The molecule has 0 aliphatic carbocycles. The van der Waals surface area contributed by atoms with Gasteiger partial charge in [0.15, 0.2) is 0 Å². The molecule has 0 aromatic heterocycles. The van der Waals surface area contributed by atoms with Gasteiger partial charge in [0.1, 0.15) is 6.04 Å². The third-order valence-corrected chi connectivity index (χ3v) is 2.93. The van der Waals surface area contributed by atoms with Crippen molar-refractivity contribution in [2.45, 2.75) is 65.8 Å². The van der Waals surface area contributed by atoms with Crippen molar-refractivity contribution in [2.24, 2.45) is 0 Å². The SMILES string of the molecule is CCCCOC(=O)C(CC)N(CCCC)C(C)=O. The van der Waals surface area contributed by atoms with E-state index in [0.29, 0.717) is 19.6 Å². The summed E-state index contributed by atoms with van der Waals surface area (Å²) < 4.78 is 5.21. The maximum Gasteiger partial charge on any atom is 0.328 e. The predicted molar refractivity (Wildman–Crippen MR) is 72.2 cm³/mol. The molecule has 0 aromatic carbocycles. The highest BCUT2D eigenvalue weighted by atomic mass is 16.5. The Balaban J connectivity index is 4.47. The lowest BCUT2D eigenvalue weighted by atomic mass is 10.1. The number of carbonyl (C=O) groups is 2. The van der Waals surface area contributed by atoms with Crippen molar-refractivity contribution in [1.29, 1.82) is 0 Å². The molecule has 106 valence electrons. The Morgan fingerprint density at radius 3 is 2.17 bits per heavy atom. The number of amides is 1. The van der Waals surface area contributed by atoms with E-state index in [9.17, 15) is 9.59 Å². The van der Waals surface area contributed by atoms with Gasteiger partial charge in [-0.15, -0.1) is 0 Å². The molecule has 1 amide bonds. The normalized spacial score (nSPS) is 12.0. The number of rotatable bonds is 9. The lowest BCUT2D eigenvalue weighted by molar-refractivity contribution is -0.155. The standard InChI is InChI=1S/C14H27NO3/c1-5-8-10-15(12(4)16)13(7-3)14(17)18-11-9-6-2/h13H,5-11H2,1-4H3. The molecule has 0 N–H and O–H groups in total. The molecule has 1 atom stereocenters. The van der Waals surface area contributed by atoms with Gasteiger partial charge in [0, 0.05) is 13.5 Å². The van der Waals surface area contributed by atoms with E-state index < -0.39 is 6.04 Å². The number of hydrogen-bond acceptors (Lipinski definition) is 3. The van der Waals surface area contributed by atoms with E-state index in [1.54, 1.807) is 4.90 Å². The average Bonchev–Trinajstić information content (AvgIpc) is 2.34. The van der Waals surface area contributed by atoms with E-state index in [1.165, 1.54) is 6.92 Å². The maximum absolute atomic E-state index is 11.9. The summed E-state index contributed by atoms with van der Waals surface area (Å²) in [4.78, 5) is 25.2. The van der Waals surface area contributed by atoms with Gasteiger partial charge < -0.3 is 9.64 Å². The number of ether oxygens (including phenoxy) is 1. The molecular weight excluding hydrogens is 230 g/mol. The number of carbonyl (C=O) groups excluding carboxylic acids is 2. The highest BCUT2D eigenvalue weighted by Crippen LogP contribution is 2.09. The molecule has 0 bridgehead atoms. The Labute approximate surface area is 111 Å². The monoisotopic (exact) mass is 257 g/mol. The Kier molecular flexibility index (Phi) is 9.33. The molecule has 0 radical (unpaired) electrons. The van der Waals surface area contributed by atoms with Gasteiger partial charge in [-0.05, 0) is 19.3 Å². The van der Waals surface area contributed by atoms with Crippen molar-refractivity contribution in [3.8, 4) is 0 Å². The zero-order valence-corrected chi connectivity index (χ0v) is 12.2. The largest absolute Gasteiger partial charge is 0.464 e. The van der Waals surface area contributed by atoms with E-state index in [4.69, 9.17) is 4.74 Å². The highest BCUT2D eigenvalue weighted by molar-refractivity contribution is 5.83. The van der Waals surface area contributed by atoms with Crippen LogP contribution in [0.1, 0.15) is 59.8 Å². The fourth-order valence-corrected chi connectivity index (χ4v) is 1.79. The van der Waals surface area contributed by atoms with Gasteiger partial charge in [-0.25, -0.2) is 4.79 Å². The first kappa shape index (κ1) is 16.9. The van der Waals surface area contributed by atoms with Crippen LogP contribution in [0.25, 0.3) is 0 Å². The van der Waals surface area contributed by atoms with Crippen molar-refractivity contribution in [3.05, 3.63) is 0 Å². The fraction of sp³-hybridized carbons (Fsp3) is 0.857. The number of hydrogen-bond donors (Lipinski definition) is 0. The summed E-state index contributed by atoms with van der Waals surface area (Å²) >= 11 is 0. The van der Waals surface area contributed by atoms with E-state index in [-0.39, 0.29) is 11.9 Å².